The van der Waals surface area contributed by atoms with Gasteiger partial charge < -0.3 is 20.1 Å². The van der Waals surface area contributed by atoms with Crippen molar-refractivity contribution in [2.45, 2.75) is 84.0 Å². The lowest BCUT2D eigenvalue weighted by Crippen LogP contribution is -2.46. The predicted molar refractivity (Wildman–Crippen MR) is 168 cm³/mol. The molecule has 5 rings (SSSR count). The van der Waals surface area contributed by atoms with Crippen molar-refractivity contribution >= 4 is 34.3 Å². The number of fused-ring (bicyclic) bond motifs is 1. The van der Waals surface area contributed by atoms with Gasteiger partial charge in [0.25, 0.3) is 5.56 Å². The predicted octanol–water partition coefficient (Wildman–Crippen LogP) is 4.59. The molecule has 2 N–H and O–H groups in total. The lowest BCUT2D eigenvalue weighted by atomic mass is 10.0. The number of nitrogens with zero attached hydrogens (tertiary/aromatic N) is 6. The van der Waals surface area contributed by atoms with E-state index in [0.29, 0.717) is 29.4 Å². The molecule has 0 radical (unpaired) electrons. The molecule has 1 aliphatic carbocycles. The first kappa shape index (κ1) is 31.0. The van der Waals surface area contributed by atoms with Crippen LogP contribution in [0.4, 0.5) is 17.5 Å². The number of methoxy groups -OCH3 is 1. The zero-order chi connectivity index (χ0) is 30.3. The molecule has 1 saturated heterocycles. The van der Waals surface area contributed by atoms with Gasteiger partial charge in [-0.05, 0) is 70.2 Å². The number of nitrogens with one attached hydrogen (secondary N) is 1. The minimum Gasteiger partial charge on any atom is -0.368 e. The number of rotatable bonds is 13. The zero-order valence-corrected chi connectivity index (χ0v) is 25.7. The highest BCUT2D eigenvalue weighted by atomic mass is 16.6. The molecule has 3 aromatic rings. The summed E-state index contributed by atoms with van der Waals surface area (Å²) in [7, 11) is 1.54. The fourth-order valence-electron chi connectivity index (χ4n) is 6.43. The molecule has 232 valence electrons. The lowest BCUT2D eigenvalue weighted by molar-refractivity contribution is -0.0793. The highest BCUT2D eigenvalue weighted by molar-refractivity contribution is 5.99. The van der Waals surface area contributed by atoms with Gasteiger partial charge in [-0.15, -0.1) is 0 Å². The van der Waals surface area contributed by atoms with Crippen LogP contribution in [0.15, 0.2) is 29.3 Å². The second-order valence-electron chi connectivity index (χ2n) is 11.8. The van der Waals surface area contributed by atoms with Gasteiger partial charge in [0.05, 0.1) is 17.4 Å². The Kier molecular flexibility index (Phi) is 10.4. The van der Waals surface area contributed by atoms with Crippen molar-refractivity contribution in [2.24, 2.45) is 0 Å². The fourth-order valence-corrected chi connectivity index (χ4v) is 6.43. The SMILES string of the molecule is COC(O)CCCCCCN1CCN(c2ccc(Nc3ncc4c(C)c(C(C)=O)c(=O)n(C5CCCC5)c4n3)nc2)CC1. The lowest BCUT2D eigenvalue weighted by Gasteiger charge is -2.36. The number of aryl methyl sites for hydroxylation is 1. The highest BCUT2D eigenvalue weighted by Gasteiger charge is 2.26. The summed E-state index contributed by atoms with van der Waals surface area (Å²) in [6, 6.07) is 4.04. The molecule has 4 heterocycles. The molecule has 0 aromatic carbocycles. The molecular formula is C32H45N7O4. The molecule has 11 nitrogen and oxygen atoms in total. The maximum atomic E-state index is 13.5. The average molecular weight is 592 g/mol. The Hall–Kier alpha value is -3.41. The Morgan fingerprint density at radius 3 is 2.49 bits per heavy atom. The van der Waals surface area contributed by atoms with Crippen molar-refractivity contribution in [1.29, 1.82) is 0 Å². The number of piperazine rings is 1. The summed E-state index contributed by atoms with van der Waals surface area (Å²) in [5.74, 6) is 0.777. The van der Waals surface area contributed by atoms with Gasteiger partial charge in [-0.1, -0.05) is 25.7 Å². The van der Waals surface area contributed by atoms with Crippen molar-refractivity contribution < 1.29 is 14.6 Å². The number of Topliss-reactive ketones (excluding diaryl/α,β-unsaturated/α-hetero) is 1. The summed E-state index contributed by atoms with van der Waals surface area (Å²) in [5.41, 5.74) is 2.27. The molecule has 1 atom stereocenters. The second kappa shape index (κ2) is 14.4. The van der Waals surface area contributed by atoms with Crippen LogP contribution in [0.5, 0.6) is 0 Å². The van der Waals surface area contributed by atoms with Crippen LogP contribution in [-0.2, 0) is 4.74 Å². The average Bonchev–Trinajstić information content (AvgIpc) is 3.54. The van der Waals surface area contributed by atoms with Crippen molar-refractivity contribution in [3.05, 3.63) is 46.0 Å². The van der Waals surface area contributed by atoms with Crippen LogP contribution in [0.2, 0.25) is 0 Å². The third-order valence-corrected chi connectivity index (χ3v) is 8.92. The Morgan fingerprint density at radius 2 is 1.81 bits per heavy atom. The van der Waals surface area contributed by atoms with E-state index in [0.717, 1.165) is 82.3 Å². The number of hydrogen-bond donors (Lipinski definition) is 2. The van der Waals surface area contributed by atoms with E-state index in [1.54, 1.807) is 17.7 Å². The van der Waals surface area contributed by atoms with E-state index in [1.165, 1.54) is 26.9 Å². The zero-order valence-electron chi connectivity index (χ0n) is 25.7. The van der Waals surface area contributed by atoms with Gasteiger partial charge in [-0.25, -0.2) is 9.97 Å². The fraction of sp³-hybridized carbons (Fsp3) is 0.594. The number of unbranched alkanes of at least 4 members (excludes halogenated alkanes) is 3. The van der Waals surface area contributed by atoms with Gasteiger partial charge in [0.1, 0.15) is 11.5 Å². The van der Waals surface area contributed by atoms with Crippen molar-refractivity contribution in [3.63, 3.8) is 0 Å². The van der Waals surface area contributed by atoms with E-state index < -0.39 is 6.29 Å². The molecule has 0 amide bonds. The maximum Gasteiger partial charge on any atom is 0.263 e. The number of carbonyl (C=O) groups is 1. The van der Waals surface area contributed by atoms with Crippen LogP contribution in [0.1, 0.15) is 86.7 Å². The number of aliphatic hydroxyl groups is 1. The van der Waals surface area contributed by atoms with Crippen molar-refractivity contribution in [2.75, 3.05) is 50.1 Å². The molecule has 11 heteroatoms. The van der Waals surface area contributed by atoms with Gasteiger partial charge >= 0.3 is 0 Å². The number of pyridine rings is 2. The summed E-state index contributed by atoms with van der Waals surface area (Å²) in [6.45, 7) is 8.33. The third kappa shape index (κ3) is 7.39. The van der Waals surface area contributed by atoms with E-state index in [4.69, 9.17) is 9.72 Å². The molecule has 3 aromatic heterocycles. The highest BCUT2D eigenvalue weighted by Crippen LogP contribution is 2.32. The maximum absolute atomic E-state index is 13.5. The number of carbonyl (C=O) groups excluding carboxylic acids is 1. The monoisotopic (exact) mass is 591 g/mol. The molecule has 0 bridgehead atoms. The van der Waals surface area contributed by atoms with Crippen LogP contribution >= 0.6 is 0 Å². The summed E-state index contributed by atoms with van der Waals surface area (Å²) < 4.78 is 6.62. The molecular weight excluding hydrogens is 546 g/mol. The number of ketones is 1. The van der Waals surface area contributed by atoms with Crippen molar-refractivity contribution in [3.8, 4) is 0 Å². The molecule has 0 spiro atoms. The number of aliphatic hydroxyl groups excluding tert-OH is 1. The number of anilines is 3. The van der Waals surface area contributed by atoms with E-state index in [2.05, 4.69) is 31.2 Å². The standard InChI is InChI=1S/C32H45N7O4/c1-22-26-21-34-32(36-30(26)39(24-10-7-8-11-24)31(42)29(22)23(2)40)35-27-14-13-25(20-33-27)38-18-16-37(17-19-38)15-9-5-4-6-12-28(41)43-3/h13-14,20-21,24,28,41H,4-12,15-19H2,1-3H3,(H,33,34,35,36). The van der Waals surface area contributed by atoms with E-state index in [1.807, 2.05) is 12.3 Å². The van der Waals surface area contributed by atoms with Gasteiger partial charge in [0.15, 0.2) is 12.1 Å². The number of hydrogen-bond acceptors (Lipinski definition) is 10. The second-order valence-corrected chi connectivity index (χ2v) is 11.8. The van der Waals surface area contributed by atoms with Crippen molar-refractivity contribution in [1.82, 2.24) is 24.4 Å². The van der Waals surface area contributed by atoms with Crippen LogP contribution in [0, 0.1) is 6.92 Å². The summed E-state index contributed by atoms with van der Waals surface area (Å²) in [6.07, 6.45) is 12.1. The normalized spacial score (nSPS) is 17.1. The molecule has 1 unspecified atom stereocenters. The topological polar surface area (TPSA) is 126 Å². The first-order valence-electron chi connectivity index (χ1n) is 15.7. The van der Waals surface area contributed by atoms with Gasteiger partial charge in [-0.3, -0.25) is 19.1 Å². The van der Waals surface area contributed by atoms with E-state index >= 15 is 0 Å². The first-order chi connectivity index (χ1) is 20.9. The van der Waals surface area contributed by atoms with Gasteiger partial charge in [-0.2, -0.15) is 4.98 Å². The van der Waals surface area contributed by atoms with Crippen LogP contribution in [0.3, 0.4) is 0 Å². The Labute approximate surface area is 253 Å². The molecule has 2 fully saturated rings. The molecule has 1 saturated carbocycles. The molecule has 2 aliphatic rings. The minimum atomic E-state index is -0.631. The van der Waals surface area contributed by atoms with Crippen LogP contribution < -0.4 is 15.8 Å². The van der Waals surface area contributed by atoms with Gasteiger partial charge in [0, 0.05) is 50.9 Å². The minimum absolute atomic E-state index is 0.0374. The van der Waals surface area contributed by atoms with E-state index in [9.17, 15) is 14.7 Å². The number of aromatic nitrogens is 4. The largest absolute Gasteiger partial charge is 0.368 e. The Balaban J connectivity index is 1.19. The first-order valence-corrected chi connectivity index (χ1v) is 15.7. The van der Waals surface area contributed by atoms with Gasteiger partial charge in [0.2, 0.25) is 5.95 Å². The third-order valence-electron chi connectivity index (χ3n) is 8.92. The summed E-state index contributed by atoms with van der Waals surface area (Å²) >= 11 is 0. The van der Waals surface area contributed by atoms with Crippen LogP contribution in [-0.4, -0.2) is 81.4 Å². The molecule has 1 aliphatic heterocycles. The smallest absolute Gasteiger partial charge is 0.263 e. The molecule has 43 heavy (non-hydrogen) atoms. The Bertz CT molecular complexity index is 1440. The Morgan fingerprint density at radius 1 is 1.07 bits per heavy atom. The quantitative estimate of drug-likeness (QED) is 0.166. The number of ether oxygens (including phenoxy) is 1. The summed E-state index contributed by atoms with van der Waals surface area (Å²) in [4.78, 5) is 44.6. The van der Waals surface area contributed by atoms with E-state index in [-0.39, 0.29) is 22.9 Å². The van der Waals surface area contributed by atoms with Crippen LogP contribution in [0.25, 0.3) is 11.0 Å². The summed E-state index contributed by atoms with van der Waals surface area (Å²) in [5, 5.41) is 13.4.